The molecule has 2 aliphatic heterocycles. The Morgan fingerprint density at radius 2 is 2.22 bits per heavy atom. The molecule has 1 N–H and O–H groups in total. The first-order valence-corrected chi connectivity index (χ1v) is 8.05. The van der Waals surface area contributed by atoms with Crippen LogP contribution < -0.4 is 9.62 Å². The van der Waals surface area contributed by atoms with Crippen LogP contribution in [0.15, 0.2) is 18.2 Å². The van der Waals surface area contributed by atoms with Crippen LogP contribution >= 0.6 is 0 Å². The summed E-state index contributed by atoms with van der Waals surface area (Å²) in [5.74, 6) is 0.479. The van der Waals surface area contributed by atoms with Gasteiger partial charge in [-0.3, -0.25) is 4.31 Å². The second-order valence-electron chi connectivity index (χ2n) is 5.25. The van der Waals surface area contributed by atoms with E-state index < -0.39 is 10.0 Å². The number of anilines is 2. The van der Waals surface area contributed by atoms with E-state index in [9.17, 15) is 8.42 Å². The van der Waals surface area contributed by atoms with Crippen molar-refractivity contribution in [3.8, 4) is 0 Å². The van der Waals surface area contributed by atoms with Gasteiger partial charge in [0.15, 0.2) is 0 Å². The van der Waals surface area contributed by atoms with Crippen LogP contribution in [-0.4, -0.2) is 27.3 Å². The summed E-state index contributed by atoms with van der Waals surface area (Å²) >= 11 is 0. The van der Waals surface area contributed by atoms with Crippen molar-refractivity contribution >= 4 is 21.4 Å². The summed E-state index contributed by atoms with van der Waals surface area (Å²) in [6.45, 7) is 3.57. The predicted molar refractivity (Wildman–Crippen MR) is 73.5 cm³/mol. The van der Waals surface area contributed by atoms with Crippen LogP contribution in [0.25, 0.3) is 0 Å². The lowest BCUT2D eigenvalue weighted by Crippen LogP contribution is -2.27. The van der Waals surface area contributed by atoms with E-state index in [0.29, 0.717) is 6.54 Å². The molecule has 1 unspecified atom stereocenters. The summed E-state index contributed by atoms with van der Waals surface area (Å²) in [5.41, 5.74) is 3.12. The van der Waals surface area contributed by atoms with E-state index in [1.54, 1.807) is 4.31 Å². The normalized spacial score (nSPS) is 25.6. The topological polar surface area (TPSA) is 49.4 Å². The largest absolute Gasteiger partial charge is 0.385 e. The Bertz CT molecular complexity index is 568. The molecule has 0 saturated carbocycles. The molecule has 4 nitrogen and oxygen atoms in total. The number of rotatable bonds is 1. The maximum Gasteiger partial charge on any atom is 0.235 e. The molecule has 18 heavy (non-hydrogen) atoms. The SMILES string of the molecule is CC1CN(c2cccc3c2CCCN3)S(=O)(=O)C1. The molecule has 0 radical (unpaired) electrons. The third-order valence-corrected chi connectivity index (χ3v) is 5.66. The smallest absolute Gasteiger partial charge is 0.235 e. The predicted octanol–water partition coefficient (Wildman–Crippen LogP) is 1.83. The Labute approximate surface area is 108 Å². The lowest BCUT2D eigenvalue weighted by atomic mass is 10.0. The second kappa shape index (κ2) is 4.16. The van der Waals surface area contributed by atoms with E-state index in [1.807, 2.05) is 25.1 Å². The molecule has 0 spiro atoms. The van der Waals surface area contributed by atoms with Gasteiger partial charge in [0.25, 0.3) is 0 Å². The fourth-order valence-corrected chi connectivity index (χ4v) is 4.83. The van der Waals surface area contributed by atoms with Crippen molar-refractivity contribution < 1.29 is 8.42 Å². The standard InChI is InChI=1S/C13H18N2O2S/c1-10-8-15(18(16,17)9-10)13-6-2-5-12-11(13)4-3-7-14-12/h2,5-6,10,14H,3-4,7-9H2,1H3. The Morgan fingerprint density at radius 3 is 2.94 bits per heavy atom. The van der Waals surface area contributed by atoms with Crippen LogP contribution in [0.1, 0.15) is 18.9 Å². The molecular formula is C13H18N2O2S. The molecule has 0 bridgehead atoms. The number of hydrogen-bond acceptors (Lipinski definition) is 3. The van der Waals surface area contributed by atoms with Crippen LogP contribution in [0, 0.1) is 5.92 Å². The maximum absolute atomic E-state index is 12.2. The maximum atomic E-state index is 12.2. The number of sulfonamides is 1. The lowest BCUT2D eigenvalue weighted by Gasteiger charge is -2.26. The average molecular weight is 266 g/mol. The van der Waals surface area contributed by atoms with Crippen LogP contribution in [0.2, 0.25) is 0 Å². The van der Waals surface area contributed by atoms with Gasteiger partial charge in [-0.2, -0.15) is 0 Å². The number of hydrogen-bond donors (Lipinski definition) is 1. The van der Waals surface area contributed by atoms with Crippen LogP contribution in [-0.2, 0) is 16.4 Å². The van der Waals surface area contributed by atoms with E-state index in [2.05, 4.69) is 5.32 Å². The summed E-state index contributed by atoms with van der Waals surface area (Å²) in [6, 6.07) is 5.90. The number of benzene rings is 1. The van der Waals surface area contributed by atoms with E-state index in [0.717, 1.165) is 36.3 Å². The first kappa shape index (κ1) is 11.8. The van der Waals surface area contributed by atoms with Crippen LogP contribution in [0.3, 0.4) is 0 Å². The molecule has 1 aromatic rings. The monoisotopic (exact) mass is 266 g/mol. The van der Waals surface area contributed by atoms with Gasteiger partial charge >= 0.3 is 0 Å². The van der Waals surface area contributed by atoms with Gasteiger partial charge in [-0.15, -0.1) is 0 Å². The third kappa shape index (κ3) is 1.86. The van der Waals surface area contributed by atoms with Crippen molar-refractivity contribution in [2.45, 2.75) is 19.8 Å². The van der Waals surface area contributed by atoms with Crippen molar-refractivity contribution in [1.82, 2.24) is 0 Å². The minimum atomic E-state index is -3.12. The van der Waals surface area contributed by atoms with Gasteiger partial charge in [-0.25, -0.2) is 8.42 Å². The molecule has 0 aromatic heterocycles. The van der Waals surface area contributed by atoms with Gasteiger partial charge in [0.2, 0.25) is 10.0 Å². The minimum absolute atomic E-state index is 0.211. The van der Waals surface area contributed by atoms with Crippen molar-refractivity contribution in [2.24, 2.45) is 5.92 Å². The fourth-order valence-electron chi connectivity index (χ4n) is 2.87. The Morgan fingerprint density at radius 1 is 1.39 bits per heavy atom. The summed E-state index contributed by atoms with van der Waals surface area (Å²) in [6.07, 6.45) is 2.02. The molecule has 0 aliphatic carbocycles. The molecule has 1 aromatic carbocycles. The van der Waals surface area contributed by atoms with Crippen molar-refractivity contribution in [2.75, 3.05) is 28.5 Å². The second-order valence-corrected chi connectivity index (χ2v) is 7.19. The molecule has 1 saturated heterocycles. The summed E-state index contributed by atoms with van der Waals surface area (Å²) in [5, 5.41) is 3.34. The molecule has 1 fully saturated rings. The minimum Gasteiger partial charge on any atom is -0.385 e. The molecule has 0 amide bonds. The third-order valence-electron chi connectivity index (χ3n) is 3.65. The average Bonchev–Trinajstić information content (AvgIpc) is 2.61. The molecule has 5 heteroatoms. The van der Waals surface area contributed by atoms with Gasteiger partial charge < -0.3 is 5.32 Å². The van der Waals surface area contributed by atoms with Gasteiger partial charge in [-0.05, 0) is 36.5 Å². The van der Waals surface area contributed by atoms with Gasteiger partial charge in [0, 0.05) is 18.8 Å². The zero-order valence-corrected chi connectivity index (χ0v) is 11.3. The van der Waals surface area contributed by atoms with Gasteiger partial charge in [0.05, 0.1) is 11.4 Å². The highest BCUT2D eigenvalue weighted by atomic mass is 32.2. The summed E-state index contributed by atoms with van der Waals surface area (Å²) < 4.78 is 25.9. The molecule has 2 aliphatic rings. The summed E-state index contributed by atoms with van der Waals surface area (Å²) in [4.78, 5) is 0. The van der Waals surface area contributed by atoms with E-state index in [4.69, 9.17) is 0 Å². The Hall–Kier alpha value is -1.23. The van der Waals surface area contributed by atoms with E-state index in [1.165, 1.54) is 0 Å². The molecule has 2 heterocycles. The van der Waals surface area contributed by atoms with Crippen molar-refractivity contribution in [3.63, 3.8) is 0 Å². The fraction of sp³-hybridized carbons (Fsp3) is 0.538. The molecule has 3 rings (SSSR count). The number of nitrogens with one attached hydrogen (secondary N) is 1. The summed E-state index contributed by atoms with van der Waals surface area (Å²) in [7, 11) is -3.12. The zero-order valence-electron chi connectivity index (χ0n) is 10.5. The van der Waals surface area contributed by atoms with Crippen molar-refractivity contribution in [1.29, 1.82) is 0 Å². The highest BCUT2D eigenvalue weighted by Gasteiger charge is 2.35. The number of fused-ring (bicyclic) bond motifs is 1. The number of nitrogens with zero attached hydrogens (tertiary/aromatic N) is 1. The van der Waals surface area contributed by atoms with Crippen LogP contribution in [0.4, 0.5) is 11.4 Å². The van der Waals surface area contributed by atoms with Crippen molar-refractivity contribution in [3.05, 3.63) is 23.8 Å². The van der Waals surface area contributed by atoms with E-state index >= 15 is 0 Å². The molecule has 1 atom stereocenters. The van der Waals surface area contributed by atoms with Gasteiger partial charge in [-0.1, -0.05) is 13.0 Å². The zero-order chi connectivity index (χ0) is 12.8. The van der Waals surface area contributed by atoms with Gasteiger partial charge in [0.1, 0.15) is 0 Å². The highest BCUT2D eigenvalue weighted by molar-refractivity contribution is 7.93. The molecular weight excluding hydrogens is 248 g/mol. The Kier molecular flexibility index (Phi) is 2.73. The lowest BCUT2D eigenvalue weighted by molar-refractivity contribution is 0.598. The molecule has 98 valence electrons. The first-order chi connectivity index (χ1) is 8.58. The van der Waals surface area contributed by atoms with E-state index in [-0.39, 0.29) is 11.7 Å². The van der Waals surface area contributed by atoms with Crippen LogP contribution in [0.5, 0.6) is 0 Å². The first-order valence-electron chi connectivity index (χ1n) is 6.44. The highest BCUT2D eigenvalue weighted by Crippen LogP contribution is 2.35. The Balaban J connectivity index is 2.07. The quantitative estimate of drug-likeness (QED) is 0.843.